The number of aryl methyl sites for hydroxylation is 1. The third-order valence-corrected chi connectivity index (χ3v) is 7.65. The lowest BCUT2D eigenvalue weighted by Crippen LogP contribution is -2.58. The highest BCUT2D eigenvalue weighted by Crippen LogP contribution is 2.30. The van der Waals surface area contributed by atoms with E-state index in [-0.39, 0.29) is 19.1 Å². The van der Waals surface area contributed by atoms with Gasteiger partial charge in [-0.3, -0.25) is 9.59 Å². The molecule has 2 aromatic carbocycles. The van der Waals surface area contributed by atoms with E-state index in [1.54, 1.807) is 24.8 Å². The summed E-state index contributed by atoms with van der Waals surface area (Å²) in [4.78, 5) is 33.1. The van der Waals surface area contributed by atoms with Crippen molar-refractivity contribution in [2.45, 2.75) is 76.4 Å². The summed E-state index contributed by atoms with van der Waals surface area (Å²) in [5.74, 6) is -0.293. The summed E-state index contributed by atoms with van der Waals surface area (Å²) in [7, 11) is 0. The Morgan fingerprint density at radius 3 is 2.70 bits per heavy atom. The first-order valence-electron chi connectivity index (χ1n) is 13.7. The zero-order chi connectivity index (χ0) is 28.9. The van der Waals surface area contributed by atoms with E-state index in [1.165, 1.54) is 0 Å². The SMILES string of the molecule is Cc1cccc(COC(C)C(NC(=O)C(C)N)C(=O)N2CCCC2C2=NC(CO)(Cc3cccc(Cl)c3)CO2)c1. The van der Waals surface area contributed by atoms with Gasteiger partial charge >= 0.3 is 0 Å². The molecule has 1 fully saturated rings. The second-order valence-corrected chi connectivity index (χ2v) is 11.3. The van der Waals surface area contributed by atoms with Gasteiger partial charge in [0.25, 0.3) is 0 Å². The van der Waals surface area contributed by atoms with E-state index < -0.39 is 35.7 Å². The number of aliphatic hydroxyl groups is 1. The fraction of sp³-hybridized carbons (Fsp3) is 0.500. The highest BCUT2D eigenvalue weighted by atomic mass is 35.5. The van der Waals surface area contributed by atoms with Crippen LogP contribution >= 0.6 is 11.6 Å². The highest BCUT2D eigenvalue weighted by molar-refractivity contribution is 6.30. The molecule has 40 heavy (non-hydrogen) atoms. The number of nitrogens with two attached hydrogens (primary N) is 1. The number of carbonyl (C=O) groups is 2. The van der Waals surface area contributed by atoms with E-state index in [0.29, 0.717) is 36.9 Å². The number of carbonyl (C=O) groups excluding carboxylic acids is 2. The molecule has 0 bridgehead atoms. The standard InChI is InChI=1S/C30H39ClN4O5/c1-19-7-4-9-23(13-19)16-39-21(3)26(33-27(37)20(2)32)29(38)35-12-6-11-25(35)28-34-30(17-36,18-40-28)15-22-8-5-10-24(31)14-22/h4-5,7-10,13-14,20-21,25-26,36H,6,11-12,15-18,32H2,1-3H3,(H,33,37). The molecule has 9 nitrogen and oxygen atoms in total. The molecule has 4 rings (SSSR count). The Morgan fingerprint density at radius 1 is 1.25 bits per heavy atom. The summed E-state index contributed by atoms with van der Waals surface area (Å²) < 4.78 is 12.1. The molecule has 4 N–H and O–H groups in total. The number of benzene rings is 2. The quantitative estimate of drug-likeness (QED) is 0.381. The summed E-state index contributed by atoms with van der Waals surface area (Å²) >= 11 is 6.16. The number of ether oxygens (including phenoxy) is 2. The first-order valence-corrected chi connectivity index (χ1v) is 14.1. The molecule has 0 aromatic heterocycles. The minimum Gasteiger partial charge on any atom is -0.477 e. The molecule has 0 spiro atoms. The lowest BCUT2D eigenvalue weighted by Gasteiger charge is -2.32. The number of aliphatic imine (C=N–C) groups is 1. The topological polar surface area (TPSA) is 126 Å². The molecule has 2 heterocycles. The Morgan fingerprint density at radius 2 is 2.00 bits per heavy atom. The van der Waals surface area contributed by atoms with Gasteiger partial charge in [-0.2, -0.15) is 0 Å². The zero-order valence-corrected chi connectivity index (χ0v) is 24.1. The van der Waals surface area contributed by atoms with Crippen LogP contribution in [0.1, 0.15) is 43.4 Å². The maximum Gasteiger partial charge on any atom is 0.248 e. The van der Waals surface area contributed by atoms with Gasteiger partial charge in [-0.05, 0) is 56.9 Å². The molecule has 0 saturated carbocycles. The van der Waals surface area contributed by atoms with Crippen LogP contribution in [-0.2, 0) is 32.1 Å². The maximum absolute atomic E-state index is 14.0. The molecular weight excluding hydrogens is 532 g/mol. The van der Waals surface area contributed by atoms with E-state index in [4.69, 9.17) is 31.8 Å². The fourth-order valence-electron chi connectivity index (χ4n) is 5.19. The van der Waals surface area contributed by atoms with Crippen LogP contribution in [0.2, 0.25) is 5.02 Å². The predicted octanol–water partition coefficient (Wildman–Crippen LogP) is 2.78. The average molecular weight is 571 g/mol. The van der Waals surface area contributed by atoms with Gasteiger partial charge in [0.05, 0.1) is 25.4 Å². The van der Waals surface area contributed by atoms with E-state index in [2.05, 4.69) is 5.32 Å². The normalized spacial score (nSPS) is 22.8. The average Bonchev–Trinajstić information content (AvgIpc) is 3.58. The van der Waals surface area contributed by atoms with Gasteiger partial charge in [0.1, 0.15) is 24.2 Å². The monoisotopic (exact) mass is 570 g/mol. The molecule has 10 heteroatoms. The van der Waals surface area contributed by atoms with Crippen molar-refractivity contribution in [3.63, 3.8) is 0 Å². The Labute approximate surface area is 240 Å². The van der Waals surface area contributed by atoms with E-state index in [0.717, 1.165) is 23.1 Å². The molecule has 5 atom stereocenters. The Kier molecular flexibility index (Phi) is 9.84. The van der Waals surface area contributed by atoms with Crippen molar-refractivity contribution in [2.24, 2.45) is 10.7 Å². The highest BCUT2D eigenvalue weighted by Gasteiger charge is 2.44. The van der Waals surface area contributed by atoms with Crippen molar-refractivity contribution >= 4 is 29.3 Å². The fourth-order valence-corrected chi connectivity index (χ4v) is 5.40. The van der Waals surface area contributed by atoms with Gasteiger partial charge in [0.2, 0.25) is 17.7 Å². The van der Waals surface area contributed by atoms with Crippen LogP contribution in [0.5, 0.6) is 0 Å². The van der Waals surface area contributed by atoms with Gasteiger partial charge in [-0.25, -0.2) is 4.99 Å². The molecule has 0 radical (unpaired) electrons. The smallest absolute Gasteiger partial charge is 0.248 e. The number of amides is 2. The molecule has 1 saturated heterocycles. The van der Waals surface area contributed by atoms with Crippen molar-refractivity contribution in [1.29, 1.82) is 0 Å². The number of halogens is 1. The van der Waals surface area contributed by atoms with Gasteiger partial charge in [-0.15, -0.1) is 0 Å². The zero-order valence-electron chi connectivity index (χ0n) is 23.3. The molecule has 216 valence electrons. The summed E-state index contributed by atoms with van der Waals surface area (Å²) in [6.45, 7) is 6.12. The van der Waals surface area contributed by atoms with Crippen molar-refractivity contribution in [1.82, 2.24) is 10.2 Å². The second kappa shape index (κ2) is 13.1. The number of rotatable bonds is 11. The number of nitrogens with one attached hydrogen (secondary N) is 1. The summed E-state index contributed by atoms with van der Waals surface area (Å²) in [6, 6.07) is 13.2. The first-order chi connectivity index (χ1) is 19.1. The summed E-state index contributed by atoms with van der Waals surface area (Å²) in [5.41, 5.74) is 7.98. The predicted molar refractivity (Wildman–Crippen MR) is 154 cm³/mol. The second-order valence-electron chi connectivity index (χ2n) is 10.9. The van der Waals surface area contributed by atoms with Crippen LogP contribution in [0.3, 0.4) is 0 Å². The first kappa shape index (κ1) is 30.0. The van der Waals surface area contributed by atoms with Gasteiger partial charge < -0.3 is 30.5 Å². The van der Waals surface area contributed by atoms with Crippen LogP contribution in [0.4, 0.5) is 0 Å². The number of aliphatic hydroxyl groups excluding tert-OH is 1. The van der Waals surface area contributed by atoms with Crippen LogP contribution in [0.15, 0.2) is 53.5 Å². The Bertz CT molecular complexity index is 1240. The lowest BCUT2D eigenvalue weighted by molar-refractivity contribution is -0.141. The van der Waals surface area contributed by atoms with Gasteiger partial charge in [0.15, 0.2) is 0 Å². The number of likely N-dealkylation sites (tertiary alicyclic amines) is 1. The van der Waals surface area contributed by atoms with Crippen molar-refractivity contribution in [3.05, 3.63) is 70.2 Å². The van der Waals surface area contributed by atoms with Crippen molar-refractivity contribution in [3.8, 4) is 0 Å². The summed E-state index contributed by atoms with van der Waals surface area (Å²) in [6.07, 6.45) is 1.25. The molecule has 2 aromatic rings. The third kappa shape index (κ3) is 7.20. The van der Waals surface area contributed by atoms with E-state index in [1.807, 2.05) is 49.4 Å². The number of hydrogen-bond acceptors (Lipinski definition) is 7. The molecule has 5 unspecified atom stereocenters. The van der Waals surface area contributed by atoms with Crippen LogP contribution in [-0.4, -0.2) is 77.2 Å². The number of hydrogen-bond donors (Lipinski definition) is 3. The largest absolute Gasteiger partial charge is 0.477 e. The minimum atomic E-state index is -0.944. The molecule has 0 aliphatic carbocycles. The van der Waals surface area contributed by atoms with E-state index in [9.17, 15) is 14.7 Å². The Balaban J connectivity index is 1.52. The van der Waals surface area contributed by atoms with Crippen LogP contribution in [0.25, 0.3) is 0 Å². The van der Waals surface area contributed by atoms with Crippen LogP contribution < -0.4 is 11.1 Å². The van der Waals surface area contributed by atoms with Crippen LogP contribution in [0, 0.1) is 6.92 Å². The van der Waals surface area contributed by atoms with Gasteiger partial charge in [-0.1, -0.05) is 53.6 Å². The van der Waals surface area contributed by atoms with Gasteiger partial charge in [0, 0.05) is 18.0 Å². The lowest BCUT2D eigenvalue weighted by atomic mass is 9.93. The van der Waals surface area contributed by atoms with E-state index >= 15 is 0 Å². The third-order valence-electron chi connectivity index (χ3n) is 7.42. The van der Waals surface area contributed by atoms with Crippen molar-refractivity contribution in [2.75, 3.05) is 19.8 Å². The molecule has 2 aliphatic rings. The minimum absolute atomic E-state index is 0.199. The molecule has 2 amide bonds. The maximum atomic E-state index is 14.0. The van der Waals surface area contributed by atoms with Crippen molar-refractivity contribution < 1.29 is 24.2 Å². The molecule has 2 aliphatic heterocycles. The molecular formula is C30H39ClN4O5. The Hall–Kier alpha value is -2.98. The summed E-state index contributed by atoms with van der Waals surface area (Å²) in [5, 5.41) is 13.7. The number of nitrogens with zero attached hydrogens (tertiary/aromatic N) is 2.